The third-order valence-electron chi connectivity index (χ3n) is 4.68. The Labute approximate surface area is 151 Å². The van der Waals surface area contributed by atoms with Crippen LogP contribution in [0.3, 0.4) is 0 Å². The zero-order valence-electron chi connectivity index (χ0n) is 14.9. The molecule has 1 saturated heterocycles. The number of fused-ring (bicyclic) bond motifs is 1. The summed E-state index contributed by atoms with van der Waals surface area (Å²) in [7, 11) is 3.98. The number of carbonyl (C=O) groups excluding carboxylic acids is 1. The van der Waals surface area contributed by atoms with Crippen molar-refractivity contribution in [3.63, 3.8) is 0 Å². The Hall–Kier alpha value is -3.00. The Kier molecular flexibility index (Phi) is 4.26. The van der Waals surface area contributed by atoms with E-state index in [0.29, 0.717) is 22.4 Å². The number of anilines is 2. The first-order chi connectivity index (χ1) is 12.6. The van der Waals surface area contributed by atoms with Gasteiger partial charge in [0.15, 0.2) is 5.65 Å². The van der Waals surface area contributed by atoms with E-state index in [9.17, 15) is 4.79 Å². The monoisotopic (exact) mass is 351 g/mol. The van der Waals surface area contributed by atoms with Gasteiger partial charge in [0.1, 0.15) is 11.3 Å². The van der Waals surface area contributed by atoms with E-state index < -0.39 is 0 Å². The summed E-state index contributed by atoms with van der Waals surface area (Å²) < 4.78 is 1.79. The van der Waals surface area contributed by atoms with E-state index in [1.165, 1.54) is 0 Å². The Balaban J connectivity index is 1.49. The minimum Gasteiger partial charge on any atom is -0.354 e. The molecule has 0 aromatic carbocycles. The molecule has 1 N–H and O–H groups in total. The Bertz CT molecular complexity index is 926. The van der Waals surface area contributed by atoms with E-state index in [1.807, 2.05) is 19.2 Å². The molecule has 1 amide bonds. The van der Waals surface area contributed by atoms with Gasteiger partial charge in [-0.3, -0.25) is 4.79 Å². The summed E-state index contributed by atoms with van der Waals surface area (Å²) in [5.41, 5.74) is 2.43. The van der Waals surface area contributed by atoms with Gasteiger partial charge < -0.3 is 19.7 Å². The highest BCUT2D eigenvalue weighted by molar-refractivity contribution is 6.10. The van der Waals surface area contributed by atoms with Crippen LogP contribution in [0.4, 0.5) is 11.5 Å². The highest BCUT2D eigenvalue weighted by Crippen LogP contribution is 2.18. The number of carbonyl (C=O) groups is 1. The number of likely N-dealkylation sites (N-methyl/N-ethyl adjacent to an activating group) is 1. The molecule has 26 heavy (non-hydrogen) atoms. The topological polar surface area (TPSA) is 79.2 Å². The lowest BCUT2D eigenvalue weighted by molar-refractivity contribution is 0.102. The maximum Gasteiger partial charge on any atom is 0.258 e. The van der Waals surface area contributed by atoms with Crippen molar-refractivity contribution >= 4 is 28.6 Å². The molecular weight excluding hydrogens is 330 g/mol. The van der Waals surface area contributed by atoms with Crippen LogP contribution in [0.25, 0.3) is 11.2 Å². The molecule has 3 aromatic rings. The second-order valence-corrected chi connectivity index (χ2v) is 6.54. The fourth-order valence-corrected chi connectivity index (χ4v) is 3.09. The van der Waals surface area contributed by atoms with Gasteiger partial charge >= 0.3 is 0 Å². The lowest BCUT2D eigenvalue weighted by atomic mass is 10.2. The van der Waals surface area contributed by atoms with Crippen molar-refractivity contribution in [2.45, 2.75) is 0 Å². The number of amides is 1. The third-order valence-corrected chi connectivity index (χ3v) is 4.68. The first-order valence-electron chi connectivity index (χ1n) is 8.59. The first kappa shape index (κ1) is 16.5. The van der Waals surface area contributed by atoms with Gasteiger partial charge in [-0.2, -0.15) is 0 Å². The average molecular weight is 351 g/mol. The molecule has 4 rings (SSSR count). The van der Waals surface area contributed by atoms with Crippen LogP contribution in [0.5, 0.6) is 0 Å². The van der Waals surface area contributed by atoms with Crippen molar-refractivity contribution in [3.05, 3.63) is 42.5 Å². The van der Waals surface area contributed by atoms with Crippen LogP contribution in [-0.4, -0.2) is 63.6 Å². The fourth-order valence-electron chi connectivity index (χ4n) is 3.09. The van der Waals surface area contributed by atoms with Crippen LogP contribution in [0, 0.1) is 0 Å². The summed E-state index contributed by atoms with van der Waals surface area (Å²) >= 11 is 0. The summed E-state index contributed by atoms with van der Waals surface area (Å²) in [4.78, 5) is 30.2. The molecule has 1 fully saturated rings. The number of imidazole rings is 1. The Morgan fingerprint density at radius 1 is 1.04 bits per heavy atom. The minimum atomic E-state index is -0.217. The highest BCUT2D eigenvalue weighted by Gasteiger charge is 2.16. The van der Waals surface area contributed by atoms with Crippen molar-refractivity contribution < 1.29 is 4.79 Å². The number of pyridine rings is 2. The van der Waals surface area contributed by atoms with Crippen molar-refractivity contribution in [3.8, 4) is 0 Å². The van der Waals surface area contributed by atoms with Crippen LogP contribution in [0.15, 0.2) is 36.9 Å². The molecule has 3 aromatic heterocycles. The lowest BCUT2D eigenvalue weighted by Crippen LogP contribution is -2.44. The van der Waals surface area contributed by atoms with Crippen LogP contribution in [0.2, 0.25) is 0 Å². The maximum absolute atomic E-state index is 12.6. The predicted molar refractivity (Wildman–Crippen MR) is 100 cm³/mol. The number of piperazine rings is 1. The maximum atomic E-state index is 12.6. The number of aromatic nitrogens is 4. The van der Waals surface area contributed by atoms with Crippen molar-refractivity contribution in [1.29, 1.82) is 0 Å². The standard InChI is InChI=1S/C18H21N7O/c1-23-7-9-25(10-8-23)15-4-3-13(11-20-15)22-18(26)14-5-6-19-17-16(14)21-12-24(17)2/h3-6,11-12H,7-10H2,1-2H3,(H,22,26). The molecule has 0 spiro atoms. The number of nitrogens with zero attached hydrogens (tertiary/aromatic N) is 6. The van der Waals surface area contributed by atoms with E-state index in [0.717, 1.165) is 32.0 Å². The quantitative estimate of drug-likeness (QED) is 0.768. The molecule has 0 atom stereocenters. The fraction of sp³-hybridized carbons (Fsp3) is 0.333. The minimum absolute atomic E-state index is 0.217. The zero-order valence-corrected chi connectivity index (χ0v) is 14.9. The van der Waals surface area contributed by atoms with Crippen LogP contribution >= 0.6 is 0 Å². The van der Waals surface area contributed by atoms with E-state index in [-0.39, 0.29) is 5.91 Å². The smallest absolute Gasteiger partial charge is 0.258 e. The molecule has 0 unspecified atom stereocenters. The van der Waals surface area contributed by atoms with Gasteiger partial charge in [-0.15, -0.1) is 0 Å². The second-order valence-electron chi connectivity index (χ2n) is 6.54. The van der Waals surface area contributed by atoms with Gasteiger partial charge in [0.25, 0.3) is 5.91 Å². The van der Waals surface area contributed by atoms with E-state index >= 15 is 0 Å². The summed E-state index contributed by atoms with van der Waals surface area (Å²) in [5.74, 6) is 0.720. The summed E-state index contributed by atoms with van der Waals surface area (Å²) in [6, 6.07) is 5.51. The molecule has 4 heterocycles. The van der Waals surface area contributed by atoms with Gasteiger partial charge in [-0.05, 0) is 25.2 Å². The summed E-state index contributed by atoms with van der Waals surface area (Å²) in [6.07, 6.45) is 4.97. The SMILES string of the molecule is CN1CCN(c2ccc(NC(=O)c3ccnc4c3ncn4C)cn2)CC1. The van der Waals surface area contributed by atoms with Crippen molar-refractivity contribution in [1.82, 2.24) is 24.4 Å². The molecule has 134 valence electrons. The van der Waals surface area contributed by atoms with E-state index in [2.05, 4.69) is 37.1 Å². The summed E-state index contributed by atoms with van der Waals surface area (Å²) in [5, 5.41) is 2.89. The van der Waals surface area contributed by atoms with Gasteiger partial charge in [-0.25, -0.2) is 15.0 Å². The molecule has 0 saturated carbocycles. The molecular formula is C18H21N7O. The molecule has 8 heteroatoms. The zero-order chi connectivity index (χ0) is 18.1. The predicted octanol–water partition coefficient (Wildman–Crippen LogP) is 1.37. The Morgan fingerprint density at radius 2 is 1.85 bits per heavy atom. The number of rotatable bonds is 3. The number of nitrogens with one attached hydrogen (secondary N) is 1. The van der Waals surface area contributed by atoms with Crippen LogP contribution in [0.1, 0.15) is 10.4 Å². The molecule has 1 aliphatic rings. The van der Waals surface area contributed by atoms with Gasteiger partial charge in [-0.1, -0.05) is 0 Å². The average Bonchev–Trinajstić information content (AvgIpc) is 3.04. The van der Waals surface area contributed by atoms with Crippen LogP contribution in [-0.2, 0) is 7.05 Å². The van der Waals surface area contributed by atoms with Crippen LogP contribution < -0.4 is 10.2 Å². The molecule has 1 aliphatic heterocycles. The number of hydrogen-bond donors (Lipinski definition) is 1. The number of aryl methyl sites for hydroxylation is 1. The molecule has 0 radical (unpaired) electrons. The Morgan fingerprint density at radius 3 is 2.58 bits per heavy atom. The van der Waals surface area contributed by atoms with Crippen molar-refractivity contribution in [2.75, 3.05) is 43.4 Å². The molecule has 0 aliphatic carbocycles. The van der Waals surface area contributed by atoms with Gasteiger partial charge in [0, 0.05) is 39.4 Å². The van der Waals surface area contributed by atoms with Gasteiger partial charge in [0.2, 0.25) is 0 Å². The first-order valence-corrected chi connectivity index (χ1v) is 8.59. The molecule has 8 nitrogen and oxygen atoms in total. The highest BCUT2D eigenvalue weighted by atomic mass is 16.1. The van der Waals surface area contributed by atoms with Gasteiger partial charge in [0.05, 0.1) is 23.8 Å². The largest absolute Gasteiger partial charge is 0.354 e. The lowest BCUT2D eigenvalue weighted by Gasteiger charge is -2.33. The van der Waals surface area contributed by atoms with E-state index in [1.54, 1.807) is 29.4 Å². The third kappa shape index (κ3) is 3.11. The molecule has 0 bridgehead atoms. The summed E-state index contributed by atoms with van der Waals surface area (Å²) in [6.45, 7) is 3.98. The van der Waals surface area contributed by atoms with Crippen molar-refractivity contribution in [2.24, 2.45) is 7.05 Å². The number of hydrogen-bond acceptors (Lipinski definition) is 6. The normalized spacial score (nSPS) is 15.4. The van der Waals surface area contributed by atoms with E-state index in [4.69, 9.17) is 0 Å². The second kappa shape index (κ2) is 6.72.